The second-order valence-electron chi connectivity index (χ2n) is 5.43. The van der Waals surface area contributed by atoms with Crippen LogP contribution in [-0.2, 0) is 9.59 Å². The van der Waals surface area contributed by atoms with Crippen LogP contribution in [0, 0.1) is 6.92 Å². The zero-order valence-corrected chi connectivity index (χ0v) is 13.0. The predicted molar refractivity (Wildman–Crippen MR) is 94.1 cm³/mol. The van der Waals surface area contributed by atoms with Gasteiger partial charge in [0.1, 0.15) is 5.75 Å². The number of hydrogen-bond acceptors (Lipinski definition) is 3. The molecule has 0 aliphatic carbocycles. The highest BCUT2D eigenvalue weighted by Gasteiger charge is 2.16. The lowest BCUT2D eigenvalue weighted by atomic mass is 10.1. The lowest BCUT2D eigenvalue weighted by Crippen LogP contribution is -2.29. The molecule has 0 heterocycles. The maximum Gasteiger partial charge on any atom is 0.314 e. The molecule has 2 amide bonds. The fourth-order valence-electron chi connectivity index (χ4n) is 2.48. The van der Waals surface area contributed by atoms with Gasteiger partial charge in [-0.2, -0.15) is 0 Å². The van der Waals surface area contributed by atoms with Gasteiger partial charge < -0.3 is 15.7 Å². The van der Waals surface area contributed by atoms with Crippen LogP contribution in [0.3, 0.4) is 0 Å². The van der Waals surface area contributed by atoms with Crippen molar-refractivity contribution in [3.05, 3.63) is 66.2 Å². The highest BCUT2D eigenvalue weighted by atomic mass is 16.3. The lowest BCUT2D eigenvalue weighted by molar-refractivity contribution is -0.132. The van der Waals surface area contributed by atoms with Gasteiger partial charge in [0, 0.05) is 16.8 Å². The molecule has 0 saturated carbocycles. The van der Waals surface area contributed by atoms with Gasteiger partial charge in [-0.15, -0.1) is 0 Å². The first-order chi connectivity index (χ1) is 11.5. The molecule has 0 radical (unpaired) electrons. The smallest absolute Gasteiger partial charge is 0.314 e. The summed E-state index contributed by atoms with van der Waals surface area (Å²) in [4.78, 5) is 24.3. The summed E-state index contributed by atoms with van der Waals surface area (Å²) in [6, 6.07) is 17.6. The summed E-state index contributed by atoms with van der Waals surface area (Å²) in [6.07, 6.45) is 0. The van der Waals surface area contributed by atoms with Gasteiger partial charge in [0.2, 0.25) is 0 Å². The molecule has 3 N–H and O–H groups in total. The number of amides is 2. The van der Waals surface area contributed by atoms with Crippen molar-refractivity contribution >= 4 is 34.0 Å². The van der Waals surface area contributed by atoms with Crippen LogP contribution < -0.4 is 10.6 Å². The number of phenols is 1. The van der Waals surface area contributed by atoms with E-state index in [2.05, 4.69) is 10.6 Å². The fraction of sp³-hybridized carbons (Fsp3) is 0.0526. The highest BCUT2D eigenvalue weighted by molar-refractivity contribution is 6.44. The molecule has 0 fully saturated rings. The molecule has 3 aromatic carbocycles. The molecule has 0 bridgehead atoms. The molecule has 0 aromatic heterocycles. The third-order valence-corrected chi connectivity index (χ3v) is 3.70. The van der Waals surface area contributed by atoms with Crippen LogP contribution in [0.15, 0.2) is 60.7 Å². The maximum atomic E-state index is 12.2. The number of fused-ring (bicyclic) bond motifs is 1. The summed E-state index contributed by atoms with van der Waals surface area (Å²) in [5, 5.41) is 16.4. The Morgan fingerprint density at radius 1 is 0.833 bits per heavy atom. The largest absolute Gasteiger partial charge is 0.508 e. The summed E-state index contributed by atoms with van der Waals surface area (Å²) in [7, 11) is 0. The molecule has 3 aromatic rings. The molecule has 0 aliphatic heterocycles. The molecule has 24 heavy (non-hydrogen) atoms. The number of hydrogen-bond donors (Lipinski definition) is 3. The fourth-order valence-corrected chi connectivity index (χ4v) is 2.48. The zero-order chi connectivity index (χ0) is 17.1. The highest BCUT2D eigenvalue weighted by Crippen LogP contribution is 2.23. The van der Waals surface area contributed by atoms with Gasteiger partial charge in [0.15, 0.2) is 0 Å². The Morgan fingerprint density at radius 2 is 1.50 bits per heavy atom. The first kappa shape index (κ1) is 15.6. The minimum absolute atomic E-state index is 0.103. The van der Waals surface area contributed by atoms with Gasteiger partial charge in [-0.1, -0.05) is 36.4 Å². The van der Waals surface area contributed by atoms with Crippen LogP contribution >= 0.6 is 0 Å². The van der Waals surface area contributed by atoms with Crippen LogP contribution in [0.1, 0.15) is 5.56 Å². The van der Waals surface area contributed by atoms with Crippen molar-refractivity contribution in [1.29, 1.82) is 0 Å². The van der Waals surface area contributed by atoms with E-state index < -0.39 is 11.8 Å². The molecular weight excluding hydrogens is 304 g/mol. The monoisotopic (exact) mass is 320 g/mol. The minimum Gasteiger partial charge on any atom is -0.508 e. The van der Waals surface area contributed by atoms with Crippen molar-refractivity contribution in [2.24, 2.45) is 0 Å². The van der Waals surface area contributed by atoms with E-state index in [0.717, 1.165) is 10.8 Å². The predicted octanol–water partition coefficient (Wildman–Crippen LogP) is 3.43. The van der Waals surface area contributed by atoms with Crippen molar-refractivity contribution in [3.63, 3.8) is 0 Å². The van der Waals surface area contributed by atoms with Crippen LogP contribution in [0.25, 0.3) is 10.8 Å². The summed E-state index contributed by atoms with van der Waals surface area (Å²) in [5.74, 6) is -1.42. The van der Waals surface area contributed by atoms with Gasteiger partial charge >= 0.3 is 11.8 Å². The van der Waals surface area contributed by atoms with Crippen LogP contribution in [0.4, 0.5) is 11.4 Å². The van der Waals surface area contributed by atoms with Crippen molar-refractivity contribution < 1.29 is 14.7 Å². The van der Waals surface area contributed by atoms with Crippen LogP contribution in [0.2, 0.25) is 0 Å². The van der Waals surface area contributed by atoms with Gasteiger partial charge in [-0.25, -0.2) is 0 Å². The number of aromatic hydroxyl groups is 1. The Bertz CT molecular complexity index is 930. The summed E-state index contributed by atoms with van der Waals surface area (Å²) >= 11 is 0. The van der Waals surface area contributed by atoms with E-state index in [1.807, 2.05) is 36.4 Å². The normalized spacial score (nSPS) is 10.4. The summed E-state index contributed by atoms with van der Waals surface area (Å²) in [6.45, 7) is 1.73. The minimum atomic E-state index is -0.767. The van der Waals surface area contributed by atoms with Gasteiger partial charge in [-0.3, -0.25) is 9.59 Å². The standard InChI is InChI=1S/C19H16N2O3/c1-12-11-14(22)9-10-16(12)20-18(23)19(24)21-17-8-4-6-13-5-2-3-7-15(13)17/h2-11,22H,1H3,(H,20,23)(H,21,24). The van der Waals surface area contributed by atoms with Crippen LogP contribution in [-0.4, -0.2) is 16.9 Å². The van der Waals surface area contributed by atoms with Gasteiger partial charge in [0.25, 0.3) is 0 Å². The third-order valence-electron chi connectivity index (χ3n) is 3.70. The lowest BCUT2D eigenvalue weighted by Gasteiger charge is -2.10. The SMILES string of the molecule is Cc1cc(O)ccc1NC(=O)C(=O)Nc1cccc2ccccc12. The quantitative estimate of drug-likeness (QED) is 0.500. The molecule has 5 nitrogen and oxygen atoms in total. The number of phenolic OH excluding ortho intramolecular Hbond substituents is 1. The van der Waals surface area contributed by atoms with Crippen LogP contribution in [0.5, 0.6) is 5.75 Å². The number of carbonyl (C=O) groups excluding carboxylic acids is 2. The topological polar surface area (TPSA) is 78.4 Å². The first-order valence-corrected chi connectivity index (χ1v) is 7.44. The molecule has 0 aliphatic rings. The Morgan fingerprint density at radius 3 is 2.25 bits per heavy atom. The molecule has 3 rings (SSSR count). The van der Waals surface area contributed by atoms with Crippen molar-refractivity contribution in [2.45, 2.75) is 6.92 Å². The molecule has 0 saturated heterocycles. The van der Waals surface area contributed by atoms with E-state index in [0.29, 0.717) is 16.9 Å². The molecule has 120 valence electrons. The Kier molecular flexibility index (Phi) is 4.16. The Balaban J connectivity index is 1.77. The van der Waals surface area contributed by atoms with E-state index in [1.54, 1.807) is 19.1 Å². The second-order valence-corrected chi connectivity index (χ2v) is 5.43. The number of benzene rings is 3. The van der Waals surface area contributed by atoms with E-state index in [9.17, 15) is 14.7 Å². The summed E-state index contributed by atoms with van der Waals surface area (Å²) in [5.41, 5.74) is 1.72. The Hall–Kier alpha value is -3.34. The number of carbonyl (C=O) groups is 2. The molecule has 0 atom stereocenters. The maximum absolute atomic E-state index is 12.2. The van der Waals surface area contributed by atoms with E-state index in [-0.39, 0.29) is 5.75 Å². The third kappa shape index (κ3) is 3.20. The number of aryl methyl sites for hydroxylation is 1. The van der Waals surface area contributed by atoms with Gasteiger partial charge in [0.05, 0.1) is 0 Å². The van der Waals surface area contributed by atoms with E-state index in [1.165, 1.54) is 12.1 Å². The molecule has 0 spiro atoms. The van der Waals surface area contributed by atoms with E-state index in [4.69, 9.17) is 0 Å². The molecular formula is C19H16N2O3. The Labute approximate surface area is 138 Å². The number of rotatable bonds is 2. The van der Waals surface area contributed by atoms with Crippen molar-refractivity contribution in [1.82, 2.24) is 0 Å². The zero-order valence-electron chi connectivity index (χ0n) is 13.0. The van der Waals surface area contributed by atoms with Gasteiger partial charge in [-0.05, 0) is 42.1 Å². The average molecular weight is 320 g/mol. The molecule has 5 heteroatoms. The van der Waals surface area contributed by atoms with Crippen molar-refractivity contribution in [2.75, 3.05) is 10.6 Å². The number of nitrogens with one attached hydrogen (secondary N) is 2. The first-order valence-electron chi connectivity index (χ1n) is 7.44. The average Bonchev–Trinajstić information content (AvgIpc) is 2.57. The summed E-state index contributed by atoms with van der Waals surface area (Å²) < 4.78 is 0. The number of anilines is 2. The van der Waals surface area contributed by atoms with Crippen molar-refractivity contribution in [3.8, 4) is 5.75 Å². The second kappa shape index (κ2) is 6.42. The molecule has 0 unspecified atom stereocenters. The van der Waals surface area contributed by atoms with E-state index >= 15 is 0 Å².